The van der Waals surface area contributed by atoms with Gasteiger partial charge in [0, 0.05) is 29.4 Å². The Balaban J connectivity index is 1.24. The van der Waals surface area contributed by atoms with E-state index in [1.165, 1.54) is 19.0 Å². The first-order chi connectivity index (χ1) is 31.2. The van der Waals surface area contributed by atoms with Crippen LogP contribution in [0.3, 0.4) is 0 Å². The van der Waals surface area contributed by atoms with Crippen LogP contribution in [0, 0.1) is 17.8 Å². The van der Waals surface area contributed by atoms with Gasteiger partial charge in [0.05, 0.1) is 48.1 Å². The number of esters is 1. The van der Waals surface area contributed by atoms with Gasteiger partial charge in [0.15, 0.2) is 22.8 Å². The van der Waals surface area contributed by atoms with Gasteiger partial charge in [-0.05, 0) is 107 Å². The van der Waals surface area contributed by atoms with E-state index >= 15 is 4.79 Å². The Bertz CT molecular complexity index is 2540. The molecule has 7 heterocycles. The number of rotatable bonds is 10. The van der Waals surface area contributed by atoms with Crippen LogP contribution in [0.25, 0.3) is 6.08 Å². The molecule has 2 aromatic rings. The molecular weight excluding hydrogens is 849 g/mol. The summed E-state index contributed by atoms with van der Waals surface area (Å²) in [7, 11) is 1.33. The molecule has 3 saturated heterocycles. The second-order valence-electron chi connectivity index (χ2n) is 21.0. The molecule has 11 rings (SSSR count). The molecule has 12 atom stereocenters. The van der Waals surface area contributed by atoms with Crippen LogP contribution in [-0.4, -0.2) is 115 Å². The summed E-state index contributed by atoms with van der Waals surface area (Å²) in [5, 5.41) is 28.2. The fraction of sp³-hybridized carbons (Fsp3) is 0.620. The predicted octanol–water partition coefficient (Wildman–Crippen LogP) is 6.37. The number of fused-ring (bicyclic) bond motifs is 5. The summed E-state index contributed by atoms with van der Waals surface area (Å²) in [6, 6.07) is -0.572. The molecule has 16 heteroatoms. The zero-order chi connectivity index (χ0) is 47.0. The number of ether oxygens (including phenoxy) is 8. The Kier molecular flexibility index (Phi) is 10.5. The average molecular weight is 911 g/mol. The minimum Gasteiger partial charge on any atom is -0.482 e. The van der Waals surface area contributed by atoms with E-state index < -0.39 is 82.7 Å². The quantitative estimate of drug-likeness (QED) is 0.152. The molecule has 66 heavy (non-hydrogen) atoms. The molecular formula is C50H62N4O12. The number of hydrogen-bond acceptors (Lipinski definition) is 15. The minimum atomic E-state index is -1.59. The molecule has 6 aliphatic heterocycles. The number of aliphatic hydroxyl groups is 2. The van der Waals surface area contributed by atoms with E-state index in [0.29, 0.717) is 64.7 Å². The number of ketones is 1. The van der Waals surface area contributed by atoms with Gasteiger partial charge in [-0.1, -0.05) is 29.4 Å². The normalized spacial score (nSPS) is 36.9. The molecule has 7 unspecified atom stereocenters. The molecule has 1 aromatic heterocycles. The molecule has 2 N–H and O–H groups in total. The highest BCUT2D eigenvalue weighted by Gasteiger charge is 2.86. The number of carbonyl (C=O) groups is 2. The molecule has 0 amide bonds. The molecule has 3 aliphatic carbocycles. The Morgan fingerprint density at radius 2 is 1.76 bits per heavy atom. The Morgan fingerprint density at radius 3 is 2.48 bits per heavy atom. The van der Waals surface area contributed by atoms with Crippen LogP contribution in [0.1, 0.15) is 118 Å². The molecule has 16 nitrogen and oxygen atoms in total. The van der Waals surface area contributed by atoms with E-state index in [2.05, 4.69) is 36.1 Å². The van der Waals surface area contributed by atoms with Gasteiger partial charge in [0.1, 0.15) is 53.6 Å². The van der Waals surface area contributed by atoms with Gasteiger partial charge in [-0.15, -0.1) is 0 Å². The van der Waals surface area contributed by atoms with Crippen molar-refractivity contribution in [2.45, 2.75) is 166 Å². The van der Waals surface area contributed by atoms with Crippen LogP contribution in [0.15, 0.2) is 52.3 Å². The number of hydrogen-bond donors (Lipinski definition) is 2. The average Bonchev–Trinajstić information content (AvgIpc) is 3.78. The van der Waals surface area contributed by atoms with Gasteiger partial charge in [0.2, 0.25) is 12.2 Å². The number of aliphatic imine (C=N–C) groups is 1. The summed E-state index contributed by atoms with van der Waals surface area (Å²) in [6.07, 6.45) is 7.74. The van der Waals surface area contributed by atoms with E-state index in [4.69, 9.17) is 42.9 Å². The number of benzene rings is 1. The highest BCUT2D eigenvalue weighted by atomic mass is 16.8. The first-order valence-electron chi connectivity index (χ1n) is 23.2. The van der Waals surface area contributed by atoms with Gasteiger partial charge in [-0.3, -0.25) is 4.79 Å². The van der Waals surface area contributed by atoms with Crippen LogP contribution in [0.5, 0.6) is 17.2 Å². The van der Waals surface area contributed by atoms with E-state index in [-0.39, 0.29) is 30.5 Å². The third-order valence-electron chi connectivity index (χ3n) is 15.2. The first-order valence-corrected chi connectivity index (χ1v) is 23.2. The minimum absolute atomic E-state index is 0.0298. The standard InChI is InChI=1S/C50H62N4O12/c1-24(2)13-12-18-48(10)19-17-28-38(64-48)27(15-14-25(3)4)40-32(39(28)62-44-37(56)36(55)41-30(61-44)22-60-47(8,9)63-41)34-33-35(54-45(53-34)51-23-52-54)29-21-31-46(6,7)66-49(42(29)57,50(31,33)65-40)20-16-26(5)43(58)59-11/h13-14,16-17,19,23,29-31,33,35-37,41,44,55-56H,12,15,18,20-22H2,1-11H3/t29?,30-,31?,33?,35?,36-,37-,41-,44+,48?,49?,50?/m1/s1. The Hall–Kier alpha value is -4.71. The highest BCUT2D eigenvalue weighted by molar-refractivity contribution is 6.14. The summed E-state index contributed by atoms with van der Waals surface area (Å²) in [5.74, 6) is -1.78. The Morgan fingerprint density at radius 1 is 1.00 bits per heavy atom. The fourth-order valence-corrected chi connectivity index (χ4v) is 12.2. The summed E-state index contributed by atoms with van der Waals surface area (Å²) < 4.78 is 54.7. The van der Waals surface area contributed by atoms with Crippen LogP contribution in [0.2, 0.25) is 0 Å². The fourth-order valence-electron chi connectivity index (χ4n) is 12.2. The van der Waals surface area contributed by atoms with Crippen molar-refractivity contribution in [1.29, 1.82) is 0 Å². The van der Waals surface area contributed by atoms with Crippen molar-refractivity contribution in [3.05, 3.63) is 64.0 Å². The summed E-state index contributed by atoms with van der Waals surface area (Å²) >= 11 is 0. The smallest absolute Gasteiger partial charge is 0.333 e. The molecule has 354 valence electrons. The summed E-state index contributed by atoms with van der Waals surface area (Å²) in [5.41, 5.74) is 0.292. The predicted molar refractivity (Wildman–Crippen MR) is 240 cm³/mol. The van der Waals surface area contributed by atoms with Crippen molar-refractivity contribution < 1.29 is 57.7 Å². The molecule has 1 aromatic carbocycles. The zero-order valence-electron chi connectivity index (χ0n) is 39.7. The van der Waals surface area contributed by atoms with Crippen LogP contribution < -0.4 is 14.2 Å². The first kappa shape index (κ1) is 45.1. The van der Waals surface area contributed by atoms with Gasteiger partial charge >= 0.3 is 5.97 Å². The maximum absolute atomic E-state index is 15.6. The van der Waals surface area contributed by atoms with Crippen molar-refractivity contribution in [3.8, 4) is 17.2 Å². The lowest BCUT2D eigenvalue weighted by Gasteiger charge is -2.64. The largest absolute Gasteiger partial charge is 0.482 e. The van der Waals surface area contributed by atoms with Gasteiger partial charge in [-0.2, -0.15) is 10.1 Å². The monoisotopic (exact) mass is 910 g/mol. The topological polar surface area (TPSA) is 192 Å². The SMILES string of the molecule is COC(=O)C(C)=CCC12OC(C)(C)C3CC(C1=O)C1C4C(=Nc5ncnn51)c1c(O[C@@H]5O[C@@H]6COC(C)(C)O[C@H]6[C@H](O)[C@H]5O)c5c(c(CC=C(C)C)c1OC432)OC(C)(CCC=C(C)C)C=C5. The van der Waals surface area contributed by atoms with Gasteiger partial charge in [0.25, 0.3) is 0 Å². The molecule has 0 radical (unpaired) electrons. The van der Waals surface area contributed by atoms with Crippen LogP contribution in [-0.2, 0) is 39.7 Å². The summed E-state index contributed by atoms with van der Waals surface area (Å²) in [4.78, 5) is 38.5. The maximum Gasteiger partial charge on any atom is 0.333 e. The lowest BCUT2D eigenvalue weighted by Crippen LogP contribution is -2.79. The van der Waals surface area contributed by atoms with Crippen molar-refractivity contribution in [2.75, 3.05) is 13.7 Å². The van der Waals surface area contributed by atoms with Crippen molar-refractivity contribution in [1.82, 2.24) is 14.8 Å². The van der Waals surface area contributed by atoms with E-state index in [9.17, 15) is 15.0 Å². The van der Waals surface area contributed by atoms with E-state index in [0.717, 1.165) is 12.0 Å². The summed E-state index contributed by atoms with van der Waals surface area (Å²) in [6.45, 7) is 19.5. The van der Waals surface area contributed by atoms with Crippen LogP contribution >= 0.6 is 0 Å². The number of allylic oxidation sites excluding steroid dienone is 4. The number of nitrogens with zero attached hydrogens (tertiary/aromatic N) is 4. The molecule has 6 fully saturated rings. The highest BCUT2D eigenvalue weighted by Crippen LogP contribution is 2.73. The molecule has 9 aliphatic rings. The van der Waals surface area contributed by atoms with Crippen molar-refractivity contribution in [2.24, 2.45) is 22.7 Å². The van der Waals surface area contributed by atoms with E-state index in [1.807, 2.05) is 46.8 Å². The molecule has 4 bridgehead atoms. The molecule has 3 saturated carbocycles. The number of Topliss-reactive ketones (excluding diaryl/α,β-unsaturated/α-hetero) is 1. The number of methoxy groups -OCH3 is 1. The third kappa shape index (κ3) is 6.56. The second kappa shape index (κ2) is 15.4. The number of aliphatic hydroxyl groups excluding tert-OH is 2. The van der Waals surface area contributed by atoms with Gasteiger partial charge < -0.3 is 48.1 Å². The lowest BCUT2D eigenvalue weighted by molar-refractivity contribution is -0.373. The third-order valence-corrected chi connectivity index (χ3v) is 15.2. The maximum atomic E-state index is 15.6. The lowest BCUT2D eigenvalue weighted by atomic mass is 9.44. The van der Waals surface area contributed by atoms with Crippen molar-refractivity contribution in [3.63, 3.8) is 0 Å². The van der Waals surface area contributed by atoms with E-state index in [1.54, 1.807) is 31.5 Å². The number of carbonyl (C=O) groups excluding carboxylic acids is 2. The Labute approximate surface area is 385 Å². The second-order valence-corrected chi connectivity index (χ2v) is 21.0. The molecule has 1 spiro atoms. The van der Waals surface area contributed by atoms with Gasteiger partial charge in [-0.25, -0.2) is 14.5 Å². The number of aromatic nitrogens is 3. The van der Waals surface area contributed by atoms with Crippen molar-refractivity contribution >= 4 is 29.5 Å². The zero-order valence-corrected chi connectivity index (χ0v) is 39.7. The van der Waals surface area contributed by atoms with Crippen LogP contribution in [0.4, 0.5) is 5.95 Å².